The Kier molecular flexibility index (Phi) is 6.46. The Morgan fingerprint density at radius 3 is 2.41 bits per heavy atom. The smallest absolute Gasteiger partial charge is 0.233 e. The van der Waals surface area contributed by atoms with Gasteiger partial charge in [0.2, 0.25) is 11.8 Å². The second kappa shape index (κ2) is 9.21. The van der Waals surface area contributed by atoms with Gasteiger partial charge in [0.25, 0.3) is 0 Å². The first-order valence-electron chi connectivity index (χ1n) is 9.23. The van der Waals surface area contributed by atoms with Gasteiger partial charge in [0, 0.05) is 31.6 Å². The Morgan fingerprint density at radius 1 is 1.07 bits per heavy atom. The van der Waals surface area contributed by atoms with Crippen molar-refractivity contribution in [3.05, 3.63) is 42.0 Å². The molecule has 3 rings (SSSR count). The fourth-order valence-electron chi connectivity index (χ4n) is 3.23. The lowest BCUT2D eigenvalue weighted by atomic mass is 9.96. The summed E-state index contributed by atoms with van der Waals surface area (Å²) < 4.78 is 10.2. The van der Waals surface area contributed by atoms with Crippen LogP contribution in [0.15, 0.2) is 36.4 Å². The van der Waals surface area contributed by atoms with E-state index in [2.05, 4.69) is 20.4 Å². The van der Waals surface area contributed by atoms with E-state index in [9.17, 15) is 4.79 Å². The summed E-state index contributed by atoms with van der Waals surface area (Å²) >= 11 is 0. The maximum absolute atomic E-state index is 12.4. The Balaban J connectivity index is 1.41. The second-order valence-electron chi connectivity index (χ2n) is 6.58. The molecule has 0 unspecified atom stereocenters. The maximum Gasteiger partial charge on any atom is 0.233 e. The number of carbonyl (C=O) groups excluding carboxylic acids is 1. The Hall–Kier alpha value is -2.83. The topological polar surface area (TPSA) is 76.6 Å². The zero-order valence-electron chi connectivity index (χ0n) is 15.9. The lowest BCUT2D eigenvalue weighted by molar-refractivity contribution is -0.125. The van der Waals surface area contributed by atoms with Crippen LogP contribution in [0.4, 0.5) is 5.82 Å². The Morgan fingerprint density at radius 2 is 1.81 bits per heavy atom. The molecule has 0 aliphatic carbocycles. The zero-order valence-corrected chi connectivity index (χ0v) is 15.9. The van der Waals surface area contributed by atoms with Gasteiger partial charge < -0.3 is 19.7 Å². The van der Waals surface area contributed by atoms with Crippen LogP contribution < -0.4 is 19.7 Å². The van der Waals surface area contributed by atoms with Crippen molar-refractivity contribution in [2.24, 2.45) is 5.92 Å². The van der Waals surface area contributed by atoms with Crippen LogP contribution in [0.1, 0.15) is 18.4 Å². The van der Waals surface area contributed by atoms with E-state index in [1.807, 2.05) is 30.3 Å². The SMILES string of the molecule is COc1ccc(CCNC(=O)C2CCN(c3ccc(OC)nn3)CC2)cc1. The van der Waals surface area contributed by atoms with E-state index in [0.717, 1.165) is 43.9 Å². The molecule has 0 bridgehead atoms. The molecule has 1 N–H and O–H groups in total. The van der Waals surface area contributed by atoms with Gasteiger partial charge in [-0.1, -0.05) is 12.1 Å². The minimum Gasteiger partial charge on any atom is -0.497 e. The van der Waals surface area contributed by atoms with Crippen molar-refractivity contribution in [1.82, 2.24) is 15.5 Å². The van der Waals surface area contributed by atoms with Crippen LogP contribution in [-0.2, 0) is 11.2 Å². The summed E-state index contributed by atoms with van der Waals surface area (Å²) in [7, 11) is 3.23. The molecule has 1 saturated heterocycles. The van der Waals surface area contributed by atoms with Crippen LogP contribution in [0, 0.1) is 5.92 Å². The largest absolute Gasteiger partial charge is 0.497 e. The van der Waals surface area contributed by atoms with E-state index in [4.69, 9.17) is 9.47 Å². The molecule has 0 radical (unpaired) electrons. The molecule has 1 aliphatic heterocycles. The normalized spacial score (nSPS) is 14.7. The van der Waals surface area contributed by atoms with Gasteiger partial charge in [0.1, 0.15) is 5.75 Å². The van der Waals surface area contributed by atoms with Crippen LogP contribution in [-0.4, -0.2) is 50.0 Å². The molecule has 1 amide bonds. The summed E-state index contributed by atoms with van der Waals surface area (Å²) in [6, 6.07) is 11.6. The van der Waals surface area contributed by atoms with Crippen LogP contribution >= 0.6 is 0 Å². The van der Waals surface area contributed by atoms with Gasteiger partial charge in [-0.2, -0.15) is 0 Å². The number of piperidine rings is 1. The lowest BCUT2D eigenvalue weighted by Gasteiger charge is -2.31. The highest BCUT2D eigenvalue weighted by Crippen LogP contribution is 2.22. The van der Waals surface area contributed by atoms with Crippen molar-refractivity contribution >= 4 is 11.7 Å². The molecule has 7 nitrogen and oxygen atoms in total. The minimum absolute atomic E-state index is 0.0586. The first-order chi connectivity index (χ1) is 13.2. The van der Waals surface area contributed by atoms with Crippen LogP contribution in [0.5, 0.6) is 11.6 Å². The predicted octanol–water partition coefficient (Wildman–Crippen LogP) is 2.07. The number of aromatic nitrogens is 2. The first kappa shape index (κ1) is 18.9. The number of nitrogens with one attached hydrogen (secondary N) is 1. The second-order valence-corrected chi connectivity index (χ2v) is 6.58. The monoisotopic (exact) mass is 370 g/mol. The van der Waals surface area contributed by atoms with Gasteiger partial charge >= 0.3 is 0 Å². The Labute approximate surface area is 159 Å². The minimum atomic E-state index is 0.0586. The van der Waals surface area contributed by atoms with Crippen molar-refractivity contribution in [2.45, 2.75) is 19.3 Å². The van der Waals surface area contributed by atoms with Gasteiger partial charge in [-0.15, -0.1) is 10.2 Å². The summed E-state index contributed by atoms with van der Waals surface area (Å²) in [5.74, 6) is 2.38. The fraction of sp³-hybridized carbons (Fsp3) is 0.450. The highest BCUT2D eigenvalue weighted by atomic mass is 16.5. The lowest BCUT2D eigenvalue weighted by Crippen LogP contribution is -2.41. The van der Waals surface area contributed by atoms with Gasteiger partial charge in [-0.3, -0.25) is 4.79 Å². The third kappa shape index (κ3) is 5.09. The molecule has 0 saturated carbocycles. The summed E-state index contributed by atoms with van der Waals surface area (Å²) in [6.07, 6.45) is 2.46. The quantitative estimate of drug-likeness (QED) is 0.804. The fourth-order valence-corrected chi connectivity index (χ4v) is 3.23. The number of anilines is 1. The van der Waals surface area contributed by atoms with E-state index >= 15 is 0 Å². The molecule has 1 aromatic heterocycles. The Bertz CT molecular complexity index is 726. The van der Waals surface area contributed by atoms with Crippen molar-refractivity contribution in [1.29, 1.82) is 0 Å². The van der Waals surface area contributed by atoms with Crippen LogP contribution in [0.2, 0.25) is 0 Å². The standard InChI is InChI=1S/C20H26N4O3/c1-26-17-5-3-15(4-6-17)9-12-21-20(25)16-10-13-24(14-11-16)18-7-8-19(27-2)23-22-18/h3-8,16H,9-14H2,1-2H3,(H,21,25). The van der Waals surface area contributed by atoms with Gasteiger partial charge in [-0.25, -0.2) is 0 Å². The maximum atomic E-state index is 12.4. The summed E-state index contributed by atoms with van der Waals surface area (Å²) in [5.41, 5.74) is 1.18. The van der Waals surface area contributed by atoms with E-state index in [0.29, 0.717) is 12.4 Å². The number of ether oxygens (including phenoxy) is 2. The van der Waals surface area contributed by atoms with E-state index in [1.54, 1.807) is 20.3 Å². The number of rotatable bonds is 7. The van der Waals surface area contributed by atoms with Crippen LogP contribution in [0.25, 0.3) is 0 Å². The van der Waals surface area contributed by atoms with Crippen molar-refractivity contribution < 1.29 is 14.3 Å². The third-order valence-electron chi connectivity index (χ3n) is 4.90. The number of amides is 1. The number of methoxy groups -OCH3 is 2. The highest BCUT2D eigenvalue weighted by Gasteiger charge is 2.25. The molecule has 0 atom stereocenters. The number of carbonyl (C=O) groups is 1. The molecule has 0 spiro atoms. The molecule has 2 aromatic rings. The summed E-state index contributed by atoms with van der Waals surface area (Å²) in [5, 5.41) is 11.3. The average Bonchev–Trinajstić information content (AvgIpc) is 2.74. The molecule has 144 valence electrons. The predicted molar refractivity (Wildman–Crippen MR) is 103 cm³/mol. The number of benzene rings is 1. The third-order valence-corrected chi connectivity index (χ3v) is 4.90. The molecule has 1 fully saturated rings. The number of nitrogens with zero attached hydrogens (tertiary/aromatic N) is 3. The van der Waals surface area contributed by atoms with Gasteiger partial charge in [0.05, 0.1) is 14.2 Å². The van der Waals surface area contributed by atoms with E-state index in [1.165, 1.54) is 5.56 Å². The van der Waals surface area contributed by atoms with Gasteiger partial charge in [0.15, 0.2) is 5.82 Å². The molecular formula is C20H26N4O3. The first-order valence-corrected chi connectivity index (χ1v) is 9.23. The van der Waals surface area contributed by atoms with Crippen molar-refractivity contribution in [2.75, 3.05) is 38.8 Å². The van der Waals surface area contributed by atoms with E-state index in [-0.39, 0.29) is 11.8 Å². The summed E-state index contributed by atoms with van der Waals surface area (Å²) in [6.45, 7) is 2.25. The van der Waals surface area contributed by atoms with Crippen LogP contribution in [0.3, 0.4) is 0 Å². The molecule has 27 heavy (non-hydrogen) atoms. The molecule has 7 heteroatoms. The van der Waals surface area contributed by atoms with Gasteiger partial charge in [-0.05, 0) is 43.0 Å². The molecular weight excluding hydrogens is 344 g/mol. The van der Waals surface area contributed by atoms with E-state index < -0.39 is 0 Å². The zero-order chi connectivity index (χ0) is 19.1. The van der Waals surface area contributed by atoms with Crippen molar-refractivity contribution in [3.8, 4) is 11.6 Å². The molecule has 1 aromatic carbocycles. The van der Waals surface area contributed by atoms with Crippen molar-refractivity contribution in [3.63, 3.8) is 0 Å². The number of hydrogen-bond donors (Lipinski definition) is 1. The average molecular weight is 370 g/mol. The summed E-state index contributed by atoms with van der Waals surface area (Å²) in [4.78, 5) is 14.6. The molecule has 1 aliphatic rings. The molecule has 2 heterocycles. The highest BCUT2D eigenvalue weighted by molar-refractivity contribution is 5.79. The number of hydrogen-bond acceptors (Lipinski definition) is 6.